The SMILES string of the molecule is CCOc1cc(C)nc(NC(C)CCCN(CC)CC)n1. The molecule has 1 N–H and O–H groups in total. The maximum atomic E-state index is 5.45. The molecule has 1 unspecified atom stereocenters. The Balaban J connectivity index is 2.45. The van der Waals surface area contributed by atoms with Gasteiger partial charge in [-0.05, 0) is 53.2 Å². The molecule has 21 heavy (non-hydrogen) atoms. The first kappa shape index (κ1) is 17.7. The molecule has 0 aliphatic carbocycles. The van der Waals surface area contributed by atoms with Gasteiger partial charge >= 0.3 is 0 Å². The Morgan fingerprint density at radius 1 is 1.24 bits per heavy atom. The molecule has 5 nitrogen and oxygen atoms in total. The van der Waals surface area contributed by atoms with Gasteiger partial charge in [-0.25, -0.2) is 4.98 Å². The summed E-state index contributed by atoms with van der Waals surface area (Å²) in [5.41, 5.74) is 0.922. The van der Waals surface area contributed by atoms with E-state index in [1.54, 1.807) is 0 Å². The second-order valence-electron chi connectivity index (χ2n) is 5.32. The summed E-state index contributed by atoms with van der Waals surface area (Å²) in [4.78, 5) is 11.3. The Bertz CT molecular complexity index is 407. The molecule has 5 heteroatoms. The van der Waals surface area contributed by atoms with E-state index in [0.29, 0.717) is 24.5 Å². The molecule has 1 aromatic heterocycles. The van der Waals surface area contributed by atoms with Crippen LogP contribution in [0.3, 0.4) is 0 Å². The highest BCUT2D eigenvalue weighted by Gasteiger charge is 2.08. The lowest BCUT2D eigenvalue weighted by Crippen LogP contribution is -2.26. The third kappa shape index (κ3) is 6.76. The molecule has 0 spiro atoms. The summed E-state index contributed by atoms with van der Waals surface area (Å²) in [5.74, 6) is 1.30. The first-order valence-corrected chi connectivity index (χ1v) is 8.06. The van der Waals surface area contributed by atoms with Crippen molar-refractivity contribution in [3.8, 4) is 5.88 Å². The summed E-state index contributed by atoms with van der Waals surface area (Å²) >= 11 is 0. The van der Waals surface area contributed by atoms with Gasteiger partial charge in [0.15, 0.2) is 0 Å². The van der Waals surface area contributed by atoms with Crippen LogP contribution in [0.25, 0.3) is 0 Å². The maximum absolute atomic E-state index is 5.45. The molecule has 0 bridgehead atoms. The van der Waals surface area contributed by atoms with Gasteiger partial charge in [0.05, 0.1) is 6.61 Å². The van der Waals surface area contributed by atoms with Crippen LogP contribution in [0.1, 0.15) is 46.2 Å². The zero-order chi connectivity index (χ0) is 15.7. The van der Waals surface area contributed by atoms with Gasteiger partial charge in [-0.15, -0.1) is 0 Å². The van der Waals surface area contributed by atoms with Crippen LogP contribution in [0.4, 0.5) is 5.95 Å². The average molecular weight is 294 g/mol. The fourth-order valence-electron chi connectivity index (χ4n) is 2.28. The summed E-state index contributed by atoms with van der Waals surface area (Å²) < 4.78 is 5.45. The van der Waals surface area contributed by atoms with Crippen molar-refractivity contribution in [2.45, 2.75) is 53.5 Å². The Hall–Kier alpha value is -1.36. The maximum Gasteiger partial charge on any atom is 0.226 e. The number of aromatic nitrogens is 2. The molecule has 0 saturated heterocycles. The Morgan fingerprint density at radius 2 is 1.95 bits per heavy atom. The van der Waals surface area contributed by atoms with Crippen LogP contribution in [-0.2, 0) is 0 Å². The monoisotopic (exact) mass is 294 g/mol. The quantitative estimate of drug-likeness (QED) is 0.718. The van der Waals surface area contributed by atoms with Crippen LogP contribution in [-0.4, -0.2) is 47.2 Å². The summed E-state index contributed by atoms with van der Waals surface area (Å²) in [6.45, 7) is 14.5. The van der Waals surface area contributed by atoms with Crippen LogP contribution < -0.4 is 10.1 Å². The molecule has 0 fully saturated rings. The van der Waals surface area contributed by atoms with Crippen molar-refractivity contribution >= 4 is 5.95 Å². The van der Waals surface area contributed by atoms with Crippen LogP contribution in [0.15, 0.2) is 6.07 Å². The number of aryl methyl sites for hydroxylation is 1. The normalized spacial score (nSPS) is 12.5. The predicted molar refractivity (Wildman–Crippen MR) is 88.0 cm³/mol. The van der Waals surface area contributed by atoms with E-state index in [-0.39, 0.29) is 0 Å². The Kier molecular flexibility index (Phi) is 8.05. The van der Waals surface area contributed by atoms with E-state index in [4.69, 9.17) is 4.74 Å². The molecule has 1 atom stereocenters. The van der Waals surface area contributed by atoms with Crippen molar-refractivity contribution in [2.24, 2.45) is 0 Å². The van der Waals surface area contributed by atoms with Crippen LogP contribution >= 0.6 is 0 Å². The summed E-state index contributed by atoms with van der Waals surface area (Å²) in [7, 11) is 0. The number of ether oxygens (including phenoxy) is 1. The van der Waals surface area contributed by atoms with Gasteiger partial charge in [-0.3, -0.25) is 0 Å². The standard InChI is InChI=1S/C16H30N4O/c1-6-20(7-2)11-9-10-13(4)17-16-18-14(5)12-15(19-16)21-8-3/h12-13H,6-11H2,1-5H3,(H,17,18,19). The smallest absolute Gasteiger partial charge is 0.226 e. The molecular weight excluding hydrogens is 264 g/mol. The molecule has 0 aliphatic heterocycles. The number of hydrogen-bond acceptors (Lipinski definition) is 5. The highest BCUT2D eigenvalue weighted by Crippen LogP contribution is 2.13. The van der Waals surface area contributed by atoms with Crippen molar-refractivity contribution in [1.82, 2.24) is 14.9 Å². The minimum atomic E-state index is 0.358. The lowest BCUT2D eigenvalue weighted by atomic mass is 10.2. The lowest BCUT2D eigenvalue weighted by molar-refractivity contribution is 0.295. The minimum absolute atomic E-state index is 0.358. The Labute approximate surface area is 129 Å². The fraction of sp³-hybridized carbons (Fsp3) is 0.750. The largest absolute Gasteiger partial charge is 0.478 e. The zero-order valence-corrected chi connectivity index (χ0v) is 14.1. The number of nitrogens with zero attached hydrogens (tertiary/aromatic N) is 3. The van der Waals surface area contributed by atoms with Gasteiger partial charge in [-0.2, -0.15) is 4.98 Å². The average Bonchev–Trinajstić information content (AvgIpc) is 2.43. The fourth-order valence-corrected chi connectivity index (χ4v) is 2.28. The van der Waals surface area contributed by atoms with Crippen molar-refractivity contribution in [2.75, 3.05) is 31.6 Å². The molecule has 120 valence electrons. The first-order chi connectivity index (χ1) is 10.1. The molecule has 0 saturated carbocycles. The molecule has 1 rings (SSSR count). The molecule has 1 heterocycles. The van der Waals surface area contributed by atoms with E-state index in [2.05, 4.69) is 41.0 Å². The van der Waals surface area contributed by atoms with Gasteiger partial charge in [0.25, 0.3) is 0 Å². The second kappa shape index (κ2) is 9.55. The van der Waals surface area contributed by atoms with Crippen molar-refractivity contribution in [3.63, 3.8) is 0 Å². The third-order valence-corrected chi connectivity index (χ3v) is 3.50. The molecule has 0 aliphatic rings. The van der Waals surface area contributed by atoms with E-state index in [0.717, 1.165) is 31.7 Å². The van der Waals surface area contributed by atoms with E-state index >= 15 is 0 Å². The van der Waals surface area contributed by atoms with E-state index in [1.165, 1.54) is 6.42 Å². The van der Waals surface area contributed by atoms with Gasteiger partial charge in [0.2, 0.25) is 11.8 Å². The highest BCUT2D eigenvalue weighted by molar-refractivity contribution is 5.31. The van der Waals surface area contributed by atoms with E-state index < -0.39 is 0 Å². The minimum Gasteiger partial charge on any atom is -0.478 e. The van der Waals surface area contributed by atoms with Crippen molar-refractivity contribution in [1.29, 1.82) is 0 Å². The third-order valence-electron chi connectivity index (χ3n) is 3.50. The highest BCUT2D eigenvalue weighted by atomic mass is 16.5. The molecule has 0 amide bonds. The van der Waals surface area contributed by atoms with E-state index in [1.807, 2.05) is 19.9 Å². The zero-order valence-electron chi connectivity index (χ0n) is 14.1. The van der Waals surface area contributed by atoms with Gasteiger partial charge in [0, 0.05) is 17.8 Å². The number of hydrogen-bond donors (Lipinski definition) is 1. The number of rotatable bonds is 10. The number of anilines is 1. The predicted octanol–water partition coefficient (Wildman–Crippen LogP) is 3.11. The molecule has 0 aromatic carbocycles. The van der Waals surface area contributed by atoms with Crippen LogP contribution in [0.5, 0.6) is 5.88 Å². The summed E-state index contributed by atoms with van der Waals surface area (Å²) in [6, 6.07) is 2.22. The summed E-state index contributed by atoms with van der Waals surface area (Å²) in [6.07, 6.45) is 2.29. The molecular formula is C16H30N4O. The second-order valence-corrected chi connectivity index (χ2v) is 5.32. The molecule has 1 aromatic rings. The van der Waals surface area contributed by atoms with Crippen LogP contribution in [0.2, 0.25) is 0 Å². The van der Waals surface area contributed by atoms with Gasteiger partial charge in [-0.1, -0.05) is 13.8 Å². The van der Waals surface area contributed by atoms with Gasteiger partial charge in [0.1, 0.15) is 0 Å². The van der Waals surface area contributed by atoms with Crippen LogP contribution in [0, 0.1) is 6.92 Å². The molecule has 0 radical (unpaired) electrons. The number of nitrogens with one attached hydrogen (secondary N) is 1. The Morgan fingerprint density at radius 3 is 2.57 bits per heavy atom. The van der Waals surface area contributed by atoms with Crippen molar-refractivity contribution in [3.05, 3.63) is 11.8 Å². The first-order valence-electron chi connectivity index (χ1n) is 8.06. The van der Waals surface area contributed by atoms with Gasteiger partial charge < -0.3 is 15.0 Å². The van der Waals surface area contributed by atoms with E-state index in [9.17, 15) is 0 Å². The van der Waals surface area contributed by atoms with Crippen molar-refractivity contribution < 1.29 is 4.74 Å². The lowest BCUT2D eigenvalue weighted by Gasteiger charge is -2.20. The summed E-state index contributed by atoms with van der Waals surface area (Å²) in [5, 5.41) is 3.37. The topological polar surface area (TPSA) is 50.3 Å².